The second-order valence-corrected chi connectivity index (χ2v) is 3.39. The van der Waals surface area contributed by atoms with Crippen molar-refractivity contribution in [3.63, 3.8) is 0 Å². The van der Waals surface area contributed by atoms with Crippen molar-refractivity contribution in [1.82, 2.24) is 0 Å². The molecule has 2 unspecified atom stereocenters. The Labute approximate surface area is 88.2 Å². The first-order valence-electron chi connectivity index (χ1n) is 4.83. The zero-order valence-corrected chi connectivity index (χ0v) is 8.39. The van der Waals surface area contributed by atoms with Crippen molar-refractivity contribution < 1.29 is 19.4 Å². The minimum atomic E-state index is -0.980. The molecule has 0 spiro atoms. The molecule has 0 heterocycles. The third-order valence-electron chi connectivity index (χ3n) is 2.35. The molecule has 0 aliphatic heterocycles. The molecule has 4 nitrogen and oxygen atoms in total. The zero-order chi connectivity index (χ0) is 11.3. The molecule has 1 aliphatic rings. The fourth-order valence-corrected chi connectivity index (χ4v) is 1.60. The normalized spacial score (nSPS) is 24.5. The summed E-state index contributed by atoms with van der Waals surface area (Å²) in [6, 6.07) is 0. The Bertz CT molecular complexity index is 293. The number of carboxylic acid groups (broad SMARTS) is 1. The molecule has 0 fully saturated rings. The topological polar surface area (TPSA) is 63.6 Å². The fraction of sp³-hybridized carbons (Fsp3) is 0.455. The summed E-state index contributed by atoms with van der Waals surface area (Å²) in [6.07, 6.45) is 6.06. The van der Waals surface area contributed by atoms with Gasteiger partial charge in [-0.05, 0) is 12.8 Å². The molecule has 0 bridgehead atoms. The number of carbonyl (C=O) groups is 2. The quantitative estimate of drug-likeness (QED) is 0.562. The second kappa shape index (κ2) is 5.34. The lowest BCUT2D eigenvalue weighted by Crippen LogP contribution is -2.31. The Morgan fingerprint density at radius 2 is 2.33 bits per heavy atom. The summed E-state index contributed by atoms with van der Waals surface area (Å²) in [4.78, 5) is 22.4. The Hall–Kier alpha value is -1.58. The predicted molar refractivity (Wildman–Crippen MR) is 54.1 cm³/mol. The highest BCUT2D eigenvalue weighted by molar-refractivity contribution is 5.82. The van der Waals surface area contributed by atoms with E-state index in [1.165, 1.54) is 6.08 Å². The molecular formula is C11H14O4. The van der Waals surface area contributed by atoms with Crippen LogP contribution in [0.4, 0.5) is 0 Å². The van der Waals surface area contributed by atoms with E-state index in [2.05, 4.69) is 6.58 Å². The van der Waals surface area contributed by atoms with Gasteiger partial charge in [0.2, 0.25) is 0 Å². The van der Waals surface area contributed by atoms with Crippen molar-refractivity contribution in [2.45, 2.75) is 12.8 Å². The second-order valence-electron chi connectivity index (χ2n) is 3.39. The van der Waals surface area contributed by atoms with Crippen LogP contribution in [0.3, 0.4) is 0 Å². The van der Waals surface area contributed by atoms with E-state index in [0.717, 1.165) is 6.42 Å². The van der Waals surface area contributed by atoms with Gasteiger partial charge in [0.05, 0.1) is 11.8 Å². The first kappa shape index (κ1) is 11.5. The molecule has 0 saturated carbocycles. The van der Waals surface area contributed by atoms with Crippen LogP contribution in [0.25, 0.3) is 0 Å². The van der Waals surface area contributed by atoms with E-state index >= 15 is 0 Å². The molecule has 0 aromatic carbocycles. The number of ether oxygens (including phenoxy) is 1. The third-order valence-corrected chi connectivity index (χ3v) is 2.35. The van der Waals surface area contributed by atoms with E-state index in [0.29, 0.717) is 6.42 Å². The lowest BCUT2D eigenvalue weighted by atomic mass is 9.84. The largest absolute Gasteiger partial charge is 0.481 e. The zero-order valence-electron chi connectivity index (χ0n) is 8.39. The molecule has 82 valence electrons. The Morgan fingerprint density at radius 1 is 1.60 bits per heavy atom. The molecule has 2 atom stereocenters. The first-order valence-corrected chi connectivity index (χ1v) is 4.83. The molecule has 1 N–H and O–H groups in total. The van der Waals surface area contributed by atoms with Gasteiger partial charge in [0.25, 0.3) is 0 Å². The minimum absolute atomic E-state index is 0.130. The Morgan fingerprint density at radius 3 is 2.93 bits per heavy atom. The van der Waals surface area contributed by atoms with Crippen LogP contribution in [0.5, 0.6) is 0 Å². The number of aliphatic carboxylic acids is 1. The molecule has 1 rings (SSSR count). The van der Waals surface area contributed by atoms with Gasteiger partial charge in [0, 0.05) is 0 Å². The van der Waals surface area contributed by atoms with Gasteiger partial charge in [0.1, 0.15) is 6.61 Å². The molecule has 0 aromatic rings. The summed E-state index contributed by atoms with van der Waals surface area (Å²) in [5.74, 6) is -2.75. The minimum Gasteiger partial charge on any atom is -0.481 e. The Balaban J connectivity index is 2.65. The summed E-state index contributed by atoms with van der Waals surface area (Å²) in [6.45, 7) is 3.55. The average molecular weight is 210 g/mol. The summed E-state index contributed by atoms with van der Waals surface area (Å²) in [7, 11) is 0. The van der Waals surface area contributed by atoms with Crippen LogP contribution < -0.4 is 0 Å². The van der Waals surface area contributed by atoms with Gasteiger partial charge in [-0.2, -0.15) is 0 Å². The van der Waals surface area contributed by atoms with E-state index < -0.39 is 23.8 Å². The van der Waals surface area contributed by atoms with E-state index in [1.54, 1.807) is 12.2 Å². The Kier molecular flexibility index (Phi) is 4.09. The highest BCUT2D eigenvalue weighted by Crippen LogP contribution is 2.26. The predicted octanol–water partition coefficient (Wildman–Crippen LogP) is 1.38. The molecule has 4 heteroatoms. The third kappa shape index (κ3) is 2.94. The van der Waals surface area contributed by atoms with E-state index in [-0.39, 0.29) is 6.61 Å². The van der Waals surface area contributed by atoms with Crippen LogP contribution in [0.2, 0.25) is 0 Å². The van der Waals surface area contributed by atoms with E-state index in [1.807, 2.05) is 0 Å². The number of allylic oxidation sites excluding steroid dienone is 1. The molecule has 1 aliphatic carbocycles. The van der Waals surface area contributed by atoms with Crippen LogP contribution in [0, 0.1) is 11.8 Å². The highest BCUT2D eigenvalue weighted by atomic mass is 16.5. The fourth-order valence-electron chi connectivity index (χ4n) is 1.60. The van der Waals surface area contributed by atoms with Crippen molar-refractivity contribution in [2.24, 2.45) is 11.8 Å². The highest BCUT2D eigenvalue weighted by Gasteiger charge is 2.34. The number of rotatable bonds is 4. The molecule has 0 aromatic heterocycles. The standard InChI is InChI=1S/C11H14O4/c1-2-7-15-11(14)9-6-4-3-5-8(9)10(12)13/h2-3,5,8-9H,1,4,6-7H2,(H,12,13). The molecule has 0 radical (unpaired) electrons. The SMILES string of the molecule is C=CCOC(=O)C1CCC=CC1C(=O)O. The van der Waals surface area contributed by atoms with Crippen molar-refractivity contribution in [3.05, 3.63) is 24.8 Å². The van der Waals surface area contributed by atoms with Gasteiger partial charge in [-0.25, -0.2) is 0 Å². The van der Waals surface area contributed by atoms with Crippen LogP contribution >= 0.6 is 0 Å². The lowest BCUT2D eigenvalue weighted by molar-refractivity contribution is -0.155. The van der Waals surface area contributed by atoms with E-state index in [4.69, 9.17) is 9.84 Å². The van der Waals surface area contributed by atoms with Gasteiger partial charge in [-0.3, -0.25) is 9.59 Å². The van der Waals surface area contributed by atoms with Gasteiger partial charge in [-0.1, -0.05) is 24.8 Å². The maximum Gasteiger partial charge on any atom is 0.311 e. The molecular weight excluding hydrogens is 196 g/mol. The van der Waals surface area contributed by atoms with Crippen LogP contribution in [0.15, 0.2) is 24.8 Å². The summed E-state index contributed by atoms with van der Waals surface area (Å²) < 4.78 is 4.86. The van der Waals surface area contributed by atoms with Crippen LogP contribution in [-0.2, 0) is 14.3 Å². The molecule has 0 saturated heterocycles. The van der Waals surface area contributed by atoms with E-state index in [9.17, 15) is 9.59 Å². The number of carboxylic acids is 1. The summed E-state index contributed by atoms with van der Waals surface area (Å²) in [5, 5.41) is 8.90. The van der Waals surface area contributed by atoms with Gasteiger partial charge in [0.15, 0.2) is 0 Å². The first-order chi connectivity index (χ1) is 7.16. The van der Waals surface area contributed by atoms with Crippen molar-refractivity contribution in [2.75, 3.05) is 6.61 Å². The van der Waals surface area contributed by atoms with Gasteiger partial charge in [-0.15, -0.1) is 0 Å². The van der Waals surface area contributed by atoms with Crippen LogP contribution in [0.1, 0.15) is 12.8 Å². The number of hydrogen-bond acceptors (Lipinski definition) is 3. The van der Waals surface area contributed by atoms with Crippen molar-refractivity contribution in [3.8, 4) is 0 Å². The van der Waals surface area contributed by atoms with Crippen LogP contribution in [-0.4, -0.2) is 23.7 Å². The monoisotopic (exact) mass is 210 g/mol. The number of hydrogen-bond donors (Lipinski definition) is 1. The number of carbonyl (C=O) groups excluding carboxylic acids is 1. The molecule has 0 amide bonds. The molecule has 15 heavy (non-hydrogen) atoms. The number of esters is 1. The average Bonchev–Trinajstić information content (AvgIpc) is 2.25. The van der Waals surface area contributed by atoms with Gasteiger partial charge < -0.3 is 9.84 Å². The van der Waals surface area contributed by atoms with Gasteiger partial charge >= 0.3 is 11.9 Å². The maximum absolute atomic E-state index is 11.5. The van der Waals surface area contributed by atoms with Crippen molar-refractivity contribution >= 4 is 11.9 Å². The lowest BCUT2D eigenvalue weighted by Gasteiger charge is -2.22. The summed E-state index contributed by atoms with van der Waals surface area (Å²) >= 11 is 0. The van der Waals surface area contributed by atoms with Crippen molar-refractivity contribution in [1.29, 1.82) is 0 Å². The smallest absolute Gasteiger partial charge is 0.311 e. The summed E-state index contributed by atoms with van der Waals surface area (Å²) in [5.41, 5.74) is 0. The maximum atomic E-state index is 11.5.